The number of nitrogens with one attached hydrogen (secondary N) is 3. The van der Waals surface area contributed by atoms with Crippen molar-refractivity contribution in [3.05, 3.63) is 0 Å². The minimum absolute atomic E-state index is 0.0143. The molecule has 10 heteroatoms. The second kappa shape index (κ2) is 17.5. The predicted octanol–water partition coefficient (Wildman–Crippen LogP) is 5.84. The van der Waals surface area contributed by atoms with Crippen LogP contribution in [0.1, 0.15) is 132 Å². The summed E-state index contributed by atoms with van der Waals surface area (Å²) >= 11 is 0. The third kappa shape index (κ3) is 14.2. The van der Waals surface area contributed by atoms with Crippen molar-refractivity contribution < 1.29 is 28.6 Å². The van der Waals surface area contributed by atoms with Crippen molar-refractivity contribution in [1.82, 2.24) is 21.1 Å². The van der Waals surface area contributed by atoms with Crippen molar-refractivity contribution in [3.8, 4) is 0 Å². The van der Waals surface area contributed by atoms with E-state index in [2.05, 4.69) is 43.9 Å². The van der Waals surface area contributed by atoms with Crippen molar-refractivity contribution in [2.24, 2.45) is 10.8 Å². The molecule has 0 aromatic rings. The molecule has 1 saturated heterocycles. The third-order valence-electron chi connectivity index (χ3n) is 8.10. The largest absolute Gasteiger partial charge is 0.461 e. The van der Waals surface area contributed by atoms with E-state index in [-0.39, 0.29) is 48.4 Å². The summed E-state index contributed by atoms with van der Waals surface area (Å²) in [4.78, 5) is 40.7. The van der Waals surface area contributed by atoms with Crippen LogP contribution in [0.2, 0.25) is 0 Å². The second-order valence-corrected chi connectivity index (χ2v) is 14.8. The normalized spacial score (nSPS) is 23.3. The molecule has 1 aliphatic heterocycles. The number of unbranched alkanes of at least 4 members (excludes halogenated alkanes) is 6. The topological polar surface area (TPSA) is 118 Å². The van der Waals surface area contributed by atoms with Crippen molar-refractivity contribution >= 4 is 17.9 Å². The van der Waals surface area contributed by atoms with Gasteiger partial charge in [0.2, 0.25) is 5.91 Å². The van der Waals surface area contributed by atoms with Crippen molar-refractivity contribution in [2.45, 2.75) is 156 Å². The lowest BCUT2D eigenvalue weighted by Crippen LogP contribution is -2.56. The molecule has 0 radical (unpaired) electrons. The zero-order valence-corrected chi connectivity index (χ0v) is 28.4. The van der Waals surface area contributed by atoms with Crippen LogP contribution >= 0.6 is 0 Å². The summed E-state index contributed by atoms with van der Waals surface area (Å²) < 4.78 is 17.4. The Kier molecular flexibility index (Phi) is 15.2. The molecule has 0 bridgehead atoms. The number of nitrogens with zero attached hydrogens (tertiary/aromatic N) is 1. The molecule has 1 unspecified atom stereocenters. The summed E-state index contributed by atoms with van der Waals surface area (Å²) in [6, 6.07) is -0.300. The number of esters is 1. The maximum atomic E-state index is 13.2. The van der Waals surface area contributed by atoms with Crippen LogP contribution in [0.5, 0.6) is 0 Å². The first kappa shape index (κ1) is 37.3. The van der Waals surface area contributed by atoms with Gasteiger partial charge in [0.1, 0.15) is 12.2 Å². The van der Waals surface area contributed by atoms with Crippen LogP contribution in [0, 0.1) is 10.8 Å². The Balaban J connectivity index is 1.81. The number of rotatable bonds is 16. The van der Waals surface area contributed by atoms with Crippen molar-refractivity contribution in [2.75, 3.05) is 26.2 Å². The fourth-order valence-electron chi connectivity index (χ4n) is 5.65. The van der Waals surface area contributed by atoms with Crippen LogP contribution in [-0.4, -0.2) is 73.1 Å². The van der Waals surface area contributed by atoms with E-state index in [9.17, 15) is 14.4 Å². The summed E-state index contributed by atoms with van der Waals surface area (Å²) in [5, 5.41) is 2.83. The average Bonchev–Trinajstić information content (AvgIpc) is 2.92. The van der Waals surface area contributed by atoms with Crippen LogP contribution in [-0.2, 0) is 23.8 Å². The molecule has 3 amide bonds. The van der Waals surface area contributed by atoms with E-state index in [1.54, 1.807) is 13.8 Å². The van der Waals surface area contributed by atoms with E-state index in [1.807, 2.05) is 18.7 Å². The monoisotopic (exact) mass is 610 g/mol. The second-order valence-electron chi connectivity index (χ2n) is 14.8. The molecule has 3 N–H and O–H groups in total. The van der Waals surface area contributed by atoms with E-state index < -0.39 is 17.3 Å². The Hall–Kier alpha value is -1.91. The van der Waals surface area contributed by atoms with E-state index in [1.165, 1.54) is 32.1 Å². The Labute approximate surface area is 261 Å². The summed E-state index contributed by atoms with van der Waals surface area (Å²) in [5.74, 6) is -1.47. The minimum atomic E-state index is -0.841. The lowest BCUT2D eigenvalue weighted by Gasteiger charge is -2.44. The summed E-state index contributed by atoms with van der Waals surface area (Å²) in [6.07, 6.45) is 11.0. The van der Waals surface area contributed by atoms with Crippen molar-refractivity contribution in [1.29, 1.82) is 0 Å². The highest BCUT2D eigenvalue weighted by Crippen LogP contribution is 2.34. The molecule has 1 aliphatic carbocycles. The summed E-state index contributed by atoms with van der Waals surface area (Å²) in [6.45, 7) is 18.0. The van der Waals surface area contributed by atoms with Gasteiger partial charge in [0.15, 0.2) is 5.79 Å². The van der Waals surface area contributed by atoms with Crippen LogP contribution in [0.4, 0.5) is 4.79 Å². The maximum absolute atomic E-state index is 13.2. The molecule has 1 heterocycles. The van der Waals surface area contributed by atoms with E-state index >= 15 is 0 Å². The number of urea groups is 1. The number of carbonyl (C=O) groups is 3. The van der Waals surface area contributed by atoms with E-state index in [0.29, 0.717) is 13.2 Å². The number of hydrazine groups is 1. The van der Waals surface area contributed by atoms with Gasteiger partial charge in [-0.2, -0.15) is 0 Å². The van der Waals surface area contributed by atoms with Gasteiger partial charge in [0, 0.05) is 25.0 Å². The van der Waals surface area contributed by atoms with Crippen LogP contribution in [0.15, 0.2) is 0 Å². The van der Waals surface area contributed by atoms with Gasteiger partial charge in [0.05, 0.1) is 19.1 Å². The Morgan fingerprint density at radius 2 is 1.60 bits per heavy atom. The average molecular weight is 611 g/mol. The number of amides is 3. The summed E-state index contributed by atoms with van der Waals surface area (Å²) in [7, 11) is 0. The molecule has 1 saturated carbocycles. The van der Waals surface area contributed by atoms with Gasteiger partial charge >= 0.3 is 12.0 Å². The Morgan fingerprint density at radius 1 is 0.953 bits per heavy atom. The highest BCUT2D eigenvalue weighted by atomic mass is 16.7. The molecule has 0 spiro atoms. The quantitative estimate of drug-likeness (QED) is 0.114. The van der Waals surface area contributed by atoms with Gasteiger partial charge in [-0.25, -0.2) is 10.2 Å². The molecule has 250 valence electrons. The van der Waals surface area contributed by atoms with Crippen molar-refractivity contribution in [3.63, 3.8) is 0 Å². The fourth-order valence-corrected chi connectivity index (χ4v) is 5.65. The Bertz CT molecular complexity index is 872. The molecule has 2 fully saturated rings. The number of hydrogen-bond donors (Lipinski definition) is 3. The standard InChI is InChI=1S/C33H62N4O6/c1-9-10-11-12-13-14-17-22-37(23-31(2,3)4)30(40)36-35-25-18-15-16-19-26(25)42-27(38)20-21-34-29(39)28-32(5,6)24-41-33(7,8)43-28/h25-26,28,35H,9-24H2,1-8H3,(H,34,39)(H,36,40)/t25-,26-,28?/m0/s1. The number of ether oxygens (including phenoxy) is 3. The van der Waals surface area contributed by atoms with Crippen LogP contribution in [0.25, 0.3) is 0 Å². The van der Waals surface area contributed by atoms with Gasteiger partial charge in [0.25, 0.3) is 0 Å². The number of carbonyl (C=O) groups excluding carboxylic acids is 3. The summed E-state index contributed by atoms with van der Waals surface area (Å²) in [5.41, 5.74) is 5.61. The van der Waals surface area contributed by atoms with Gasteiger partial charge in [-0.15, -0.1) is 0 Å². The molecule has 0 aromatic carbocycles. The molecule has 0 aromatic heterocycles. The SMILES string of the molecule is CCCCCCCCCN(CC(C)(C)C)C(=O)NN[C@H]1CCCC[C@@H]1OC(=O)CCNC(=O)C1OC(C)(C)OCC1(C)C. The molecule has 3 atom stereocenters. The van der Waals surface area contributed by atoms with Crippen LogP contribution < -0.4 is 16.2 Å². The highest BCUT2D eigenvalue weighted by Gasteiger charge is 2.45. The zero-order chi connectivity index (χ0) is 32.1. The predicted molar refractivity (Wildman–Crippen MR) is 169 cm³/mol. The van der Waals surface area contributed by atoms with Gasteiger partial charge in [-0.3, -0.25) is 15.0 Å². The lowest BCUT2D eigenvalue weighted by atomic mass is 9.85. The van der Waals surface area contributed by atoms with Gasteiger partial charge < -0.3 is 24.4 Å². The molecule has 10 nitrogen and oxygen atoms in total. The smallest absolute Gasteiger partial charge is 0.331 e. The van der Waals surface area contributed by atoms with Crippen LogP contribution in [0.3, 0.4) is 0 Å². The third-order valence-corrected chi connectivity index (χ3v) is 8.10. The van der Waals surface area contributed by atoms with E-state index in [4.69, 9.17) is 14.2 Å². The first-order chi connectivity index (χ1) is 20.1. The highest BCUT2D eigenvalue weighted by molar-refractivity contribution is 5.82. The van der Waals surface area contributed by atoms with Gasteiger partial charge in [-0.1, -0.05) is 86.5 Å². The lowest BCUT2D eigenvalue weighted by molar-refractivity contribution is -0.304. The zero-order valence-electron chi connectivity index (χ0n) is 28.4. The van der Waals surface area contributed by atoms with E-state index in [0.717, 1.165) is 45.1 Å². The first-order valence-corrected chi connectivity index (χ1v) is 16.7. The number of hydrogen-bond acceptors (Lipinski definition) is 7. The fraction of sp³-hybridized carbons (Fsp3) is 0.909. The first-order valence-electron chi connectivity index (χ1n) is 16.7. The molecule has 2 aliphatic rings. The minimum Gasteiger partial charge on any atom is -0.461 e. The molecular formula is C33H62N4O6. The van der Waals surface area contributed by atoms with Gasteiger partial charge in [-0.05, 0) is 44.9 Å². The molecule has 43 heavy (non-hydrogen) atoms. The molecular weight excluding hydrogens is 548 g/mol. The Morgan fingerprint density at radius 3 is 2.28 bits per heavy atom. The molecule has 2 rings (SSSR count). The maximum Gasteiger partial charge on any atom is 0.331 e.